The molecular weight excluding hydrogens is 184 g/mol. The molecule has 2 nitrogen and oxygen atoms in total. The van der Waals surface area contributed by atoms with Gasteiger partial charge in [-0.2, -0.15) is 0 Å². The molecule has 0 saturated heterocycles. The highest BCUT2D eigenvalue weighted by Crippen LogP contribution is 2.37. The lowest BCUT2D eigenvalue weighted by molar-refractivity contribution is 0.580. The highest BCUT2D eigenvalue weighted by Gasteiger charge is 2.23. The second-order valence-electron chi connectivity index (χ2n) is 5.44. The normalized spacial score (nSPS) is 12.1. The van der Waals surface area contributed by atoms with Gasteiger partial charge in [-0.05, 0) is 34.6 Å². The predicted molar refractivity (Wildman–Crippen MR) is 68.1 cm³/mol. The number of hydrogen-bond donors (Lipinski definition) is 2. The Morgan fingerprint density at radius 3 is 1.80 bits per heavy atom. The average Bonchev–Trinajstić information content (AvgIpc) is 2.05. The van der Waals surface area contributed by atoms with Crippen molar-refractivity contribution in [2.45, 2.75) is 46.0 Å². The molecule has 0 saturated carbocycles. The topological polar surface area (TPSA) is 52.0 Å². The minimum Gasteiger partial charge on any atom is -0.398 e. The molecule has 0 aromatic heterocycles. The van der Waals surface area contributed by atoms with Gasteiger partial charge in [-0.1, -0.05) is 34.6 Å². The summed E-state index contributed by atoms with van der Waals surface area (Å²) in [4.78, 5) is 0. The summed E-state index contributed by atoms with van der Waals surface area (Å²) in [6.45, 7) is 10.8. The van der Waals surface area contributed by atoms with Gasteiger partial charge in [-0.25, -0.2) is 0 Å². The van der Waals surface area contributed by atoms with E-state index in [1.165, 1.54) is 11.1 Å². The van der Waals surface area contributed by atoms with E-state index in [4.69, 9.17) is 11.5 Å². The first-order chi connectivity index (χ1) is 6.75. The van der Waals surface area contributed by atoms with Gasteiger partial charge in [0, 0.05) is 11.4 Å². The van der Waals surface area contributed by atoms with E-state index in [2.05, 4.69) is 34.6 Å². The standard InChI is InChI=1S/C13H22N2/c1-8(2)11-9(14)6-7-10(15)12(11)13(3,4)5/h6-8H,14-15H2,1-5H3. The quantitative estimate of drug-likeness (QED) is 0.693. The summed E-state index contributed by atoms with van der Waals surface area (Å²) in [5, 5.41) is 0. The van der Waals surface area contributed by atoms with Crippen LogP contribution in [0.25, 0.3) is 0 Å². The maximum Gasteiger partial charge on any atom is 0.0356 e. The molecule has 0 atom stereocenters. The van der Waals surface area contributed by atoms with E-state index < -0.39 is 0 Å². The van der Waals surface area contributed by atoms with Crippen molar-refractivity contribution in [3.8, 4) is 0 Å². The highest BCUT2D eigenvalue weighted by molar-refractivity contribution is 5.65. The van der Waals surface area contributed by atoms with E-state index in [1.54, 1.807) is 0 Å². The molecule has 0 radical (unpaired) electrons. The molecule has 0 amide bonds. The van der Waals surface area contributed by atoms with Gasteiger partial charge in [0.15, 0.2) is 0 Å². The van der Waals surface area contributed by atoms with Crippen LogP contribution in [-0.4, -0.2) is 0 Å². The molecule has 1 aromatic rings. The fraction of sp³-hybridized carbons (Fsp3) is 0.538. The van der Waals surface area contributed by atoms with Crippen molar-refractivity contribution < 1.29 is 0 Å². The minimum atomic E-state index is 0.0407. The molecule has 0 aliphatic carbocycles. The van der Waals surface area contributed by atoms with Gasteiger partial charge in [0.25, 0.3) is 0 Å². The Balaban J connectivity index is 3.53. The van der Waals surface area contributed by atoms with Crippen molar-refractivity contribution in [1.82, 2.24) is 0 Å². The van der Waals surface area contributed by atoms with Crippen LogP contribution in [0.15, 0.2) is 12.1 Å². The Morgan fingerprint density at radius 2 is 1.47 bits per heavy atom. The van der Waals surface area contributed by atoms with Crippen LogP contribution in [0.1, 0.15) is 51.7 Å². The number of hydrogen-bond acceptors (Lipinski definition) is 2. The molecule has 2 heteroatoms. The van der Waals surface area contributed by atoms with Gasteiger partial charge in [0.05, 0.1) is 0 Å². The lowest BCUT2D eigenvalue weighted by Gasteiger charge is -2.27. The zero-order valence-corrected chi connectivity index (χ0v) is 10.4. The van der Waals surface area contributed by atoms with E-state index >= 15 is 0 Å². The highest BCUT2D eigenvalue weighted by atomic mass is 14.6. The molecule has 0 aliphatic rings. The van der Waals surface area contributed by atoms with Gasteiger partial charge < -0.3 is 11.5 Å². The molecule has 4 N–H and O–H groups in total. The van der Waals surface area contributed by atoms with Crippen molar-refractivity contribution in [3.05, 3.63) is 23.3 Å². The van der Waals surface area contributed by atoms with Gasteiger partial charge in [-0.15, -0.1) is 0 Å². The smallest absolute Gasteiger partial charge is 0.0356 e. The number of nitrogens with two attached hydrogens (primary N) is 2. The Hall–Kier alpha value is -1.18. The van der Waals surface area contributed by atoms with E-state index in [0.29, 0.717) is 5.92 Å². The van der Waals surface area contributed by atoms with Crippen molar-refractivity contribution in [2.75, 3.05) is 11.5 Å². The van der Waals surface area contributed by atoms with Crippen molar-refractivity contribution >= 4 is 11.4 Å². The first-order valence-electron chi connectivity index (χ1n) is 5.43. The lowest BCUT2D eigenvalue weighted by atomic mass is 9.79. The number of rotatable bonds is 1. The molecule has 0 unspecified atom stereocenters. The second-order valence-corrected chi connectivity index (χ2v) is 5.44. The minimum absolute atomic E-state index is 0.0407. The third kappa shape index (κ3) is 2.25. The summed E-state index contributed by atoms with van der Waals surface area (Å²) in [6, 6.07) is 3.81. The van der Waals surface area contributed by atoms with E-state index in [-0.39, 0.29) is 5.41 Å². The van der Waals surface area contributed by atoms with Gasteiger partial charge in [0.2, 0.25) is 0 Å². The monoisotopic (exact) mass is 206 g/mol. The molecule has 1 aromatic carbocycles. The van der Waals surface area contributed by atoms with Gasteiger partial charge in [0.1, 0.15) is 0 Å². The number of nitrogen functional groups attached to an aromatic ring is 2. The number of anilines is 2. The van der Waals surface area contributed by atoms with Crippen molar-refractivity contribution in [3.63, 3.8) is 0 Å². The summed E-state index contributed by atoms with van der Waals surface area (Å²) in [7, 11) is 0. The van der Waals surface area contributed by atoms with E-state index in [9.17, 15) is 0 Å². The van der Waals surface area contributed by atoms with Crippen LogP contribution < -0.4 is 11.5 Å². The van der Waals surface area contributed by atoms with Crippen LogP contribution in [0.4, 0.5) is 11.4 Å². The maximum atomic E-state index is 6.06. The predicted octanol–water partition coefficient (Wildman–Crippen LogP) is 3.27. The van der Waals surface area contributed by atoms with Crippen LogP contribution in [0.2, 0.25) is 0 Å². The van der Waals surface area contributed by atoms with Gasteiger partial charge in [-0.3, -0.25) is 0 Å². The van der Waals surface area contributed by atoms with E-state index in [1.807, 2.05) is 12.1 Å². The summed E-state index contributed by atoms with van der Waals surface area (Å²) >= 11 is 0. The number of benzene rings is 1. The fourth-order valence-corrected chi connectivity index (χ4v) is 2.11. The van der Waals surface area contributed by atoms with Crippen LogP contribution in [0, 0.1) is 0 Å². The van der Waals surface area contributed by atoms with E-state index in [0.717, 1.165) is 11.4 Å². The first-order valence-corrected chi connectivity index (χ1v) is 5.43. The third-order valence-corrected chi connectivity index (χ3v) is 2.64. The van der Waals surface area contributed by atoms with Crippen LogP contribution in [-0.2, 0) is 5.41 Å². The Labute approximate surface area is 92.7 Å². The lowest BCUT2D eigenvalue weighted by Crippen LogP contribution is -2.19. The molecule has 0 fully saturated rings. The Bertz CT molecular complexity index is 360. The average molecular weight is 206 g/mol. The SMILES string of the molecule is CC(C)c1c(N)ccc(N)c1C(C)(C)C. The summed E-state index contributed by atoms with van der Waals surface area (Å²) < 4.78 is 0. The van der Waals surface area contributed by atoms with Crippen molar-refractivity contribution in [1.29, 1.82) is 0 Å². The van der Waals surface area contributed by atoms with Gasteiger partial charge >= 0.3 is 0 Å². The molecule has 15 heavy (non-hydrogen) atoms. The maximum absolute atomic E-state index is 6.06. The zero-order valence-electron chi connectivity index (χ0n) is 10.4. The fourth-order valence-electron chi connectivity index (χ4n) is 2.11. The van der Waals surface area contributed by atoms with Crippen molar-refractivity contribution in [2.24, 2.45) is 0 Å². The summed E-state index contributed by atoms with van der Waals surface area (Å²) in [5.74, 6) is 0.405. The molecular formula is C13H22N2. The largest absolute Gasteiger partial charge is 0.398 e. The molecule has 0 bridgehead atoms. The zero-order chi connectivity index (χ0) is 11.8. The molecule has 0 spiro atoms. The van der Waals surface area contributed by atoms with Crippen LogP contribution in [0.3, 0.4) is 0 Å². The Kier molecular flexibility index (Phi) is 2.98. The Morgan fingerprint density at radius 1 is 1.00 bits per heavy atom. The second kappa shape index (κ2) is 3.76. The third-order valence-electron chi connectivity index (χ3n) is 2.64. The van der Waals surface area contributed by atoms with Crippen LogP contribution >= 0.6 is 0 Å². The summed E-state index contributed by atoms with van der Waals surface area (Å²) in [6.07, 6.45) is 0. The molecule has 0 aliphatic heterocycles. The molecule has 84 valence electrons. The molecule has 1 rings (SSSR count). The first kappa shape index (κ1) is 11.9. The molecule has 0 heterocycles. The van der Waals surface area contributed by atoms with Crippen LogP contribution in [0.5, 0.6) is 0 Å². The summed E-state index contributed by atoms with van der Waals surface area (Å²) in [5.41, 5.74) is 16.2.